The van der Waals surface area contributed by atoms with Gasteiger partial charge in [0.25, 0.3) is 0 Å². The van der Waals surface area contributed by atoms with Crippen molar-refractivity contribution in [3.63, 3.8) is 0 Å². The first-order valence-corrected chi connectivity index (χ1v) is 3.43. The van der Waals surface area contributed by atoms with Gasteiger partial charge in [0.2, 0.25) is 5.91 Å². The molecular weight excluding hydrogens is 128 g/mol. The van der Waals surface area contributed by atoms with Gasteiger partial charge in [-0.25, -0.2) is 0 Å². The van der Waals surface area contributed by atoms with E-state index in [1.807, 2.05) is 12.4 Å². The van der Waals surface area contributed by atoms with Crippen LogP contribution in [-0.2, 0) is 4.79 Å². The quantitative estimate of drug-likeness (QED) is 0.532. The van der Waals surface area contributed by atoms with E-state index in [1.165, 1.54) is 0 Å². The van der Waals surface area contributed by atoms with E-state index in [4.69, 9.17) is 0 Å². The molecule has 0 spiro atoms. The summed E-state index contributed by atoms with van der Waals surface area (Å²) in [5, 5.41) is 0. The SMILES string of the molecule is CCN1C=CN(C(C)=O)C1. The first-order valence-electron chi connectivity index (χ1n) is 3.43. The Balaban J connectivity index is 2.45. The zero-order valence-corrected chi connectivity index (χ0v) is 6.37. The number of hydrogen-bond acceptors (Lipinski definition) is 2. The third kappa shape index (κ3) is 1.29. The first kappa shape index (κ1) is 7.12. The van der Waals surface area contributed by atoms with Gasteiger partial charge in [0.05, 0.1) is 6.67 Å². The third-order valence-corrected chi connectivity index (χ3v) is 1.60. The molecule has 0 saturated carbocycles. The Hall–Kier alpha value is -0.990. The Labute approximate surface area is 60.9 Å². The molecule has 0 aliphatic carbocycles. The lowest BCUT2D eigenvalue weighted by atomic mass is 10.6. The number of hydrogen-bond donors (Lipinski definition) is 0. The van der Waals surface area contributed by atoms with E-state index in [1.54, 1.807) is 11.8 Å². The lowest BCUT2D eigenvalue weighted by molar-refractivity contribution is -0.126. The van der Waals surface area contributed by atoms with Crippen molar-refractivity contribution in [1.82, 2.24) is 9.80 Å². The van der Waals surface area contributed by atoms with Crippen LogP contribution in [0.5, 0.6) is 0 Å². The van der Waals surface area contributed by atoms with Gasteiger partial charge in [-0.15, -0.1) is 0 Å². The topological polar surface area (TPSA) is 23.6 Å². The van der Waals surface area contributed by atoms with Gasteiger partial charge in [-0.3, -0.25) is 9.69 Å². The van der Waals surface area contributed by atoms with E-state index in [0.29, 0.717) is 6.67 Å². The van der Waals surface area contributed by atoms with Crippen LogP contribution in [0.3, 0.4) is 0 Å². The molecule has 1 aliphatic heterocycles. The average Bonchev–Trinajstić information content (AvgIpc) is 2.34. The van der Waals surface area contributed by atoms with Gasteiger partial charge in [-0.2, -0.15) is 0 Å². The number of carbonyl (C=O) groups is 1. The van der Waals surface area contributed by atoms with Crippen LogP contribution < -0.4 is 0 Å². The van der Waals surface area contributed by atoms with Gasteiger partial charge >= 0.3 is 0 Å². The minimum Gasteiger partial charge on any atom is -0.358 e. The minimum atomic E-state index is 0.104. The smallest absolute Gasteiger partial charge is 0.224 e. The monoisotopic (exact) mass is 140 g/mol. The molecule has 10 heavy (non-hydrogen) atoms. The normalized spacial score (nSPS) is 16.6. The van der Waals surface area contributed by atoms with E-state index in [2.05, 4.69) is 11.8 Å². The van der Waals surface area contributed by atoms with E-state index in [-0.39, 0.29) is 5.91 Å². The zero-order chi connectivity index (χ0) is 7.56. The Morgan fingerprint density at radius 2 is 2.30 bits per heavy atom. The molecule has 0 radical (unpaired) electrons. The van der Waals surface area contributed by atoms with E-state index < -0.39 is 0 Å². The van der Waals surface area contributed by atoms with Crippen LogP contribution in [0.4, 0.5) is 0 Å². The maximum absolute atomic E-state index is 10.8. The van der Waals surface area contributed by atoms with Crippen molar-refractivity contribution in [2.75, 3.05) is 13.2 Å². The third-order valence-electron chi connectivity index (χ3n) is 1.60. The molecular formula is C7H12N2O. The highest BCUT2D eigenvalue weighted by molar-refractivity contribution is 5.74. The van der Waals surface area contributed by atoms with Gasteiger partial charge in [0.15, 0.2) is 0 Å². The Morgan fingerprint density at radius 1 is 1.60 bits per heavy atom. The summed E-state index contributed by atoms with van der Waals surface area (Å²) < 4.78 is 0. The van der Waals surface area contributed by atoms with Crippen molar-refractivity contribution in [2.24, 2.45) is 0 Å². The molecule has 0 saturated heterocycles. The van der Waals surface area contributed by atoms with Gasteiger partial charge in [0, 0.05) is 25.9 Å². The Morgan fingerprint density at radius 3 is 2.60 bits per heavy atom. The lowest BCUT2D eigenvalue weighted by Gasteiger charge is -2.16. The molecule has 1 amide bonds. The average molecular weight is 140 g/mol. The second kappa shape index (κ2) is 2.73. The second-order valence-corrected chi connectivity index (χ2v) is 2.33. The molecule has 0 atom stereocenters. The zero-order valence-electron chi connectivity index (χ0n) is 6.37. The number of carbonyl (C=O) groups excluding carboxylic acids is 1. The van der Waals surface area contributed by atoms with Crippen LogP contribution in [0.1, 0.15) is 13.8 Å². The van der Waals surface area contributed by atoms with Gasteiger partial charge in [-0.1, -0.05) is 0 Å². The van der Waals surface area contributed by atoms with Crippen LogP contribution in [-0.4, -0.2) is 28.9 Å². The lowest BCUT2D eigenvalue weighted by Crippen LogP contribution is -2.28. The fourth-order valence-corrected chi connectivity index (χ4v) is 0.875. The van der Waals surface area contributed by atoms with Crippen molar-refractivity contribution >= 4 is 5.91 Å². The van der Waals surface area contributed by atoms with Crippen LogP contribution in [0.15, 0.2) is 12.4 Å². The standard InChI is InChI=1S/C7H12N2O/c1-3-8-4-5-9(6-8)7(2)10/h4-5H,3,6H2,1-2H3. The molecule has 1 aliphatic rings. The minimum absolute atomic E-state index is 0.104. The summed E-state index contributed by atoms with van der Waals surface area (Å²) in [4.78, 5) is 14.5. The number of rotatable bonds is 1. The fourth-order valence-electron chi connectivity index (χ4n) is 0.875. The molecule has 3 nitrogen and oxygen atoms in total. The molecule has 3 heteroatoms. The molecule has 0 unspecified atom stereocenters. The maximum atomic E-state index is 10.8. The van der Waals surface area contributed by atoms with Gasteiger partial charge in [0.1, 0.15) is 0 Å². The van der Waals surface area contributed by atoms with Crippen LogP contribution >= 0.6 is 0 Å². The molecule has 0 aromatic rings. The summed E-state index contributed by atoms with van der Waals surface area (Å²) in [7, 11) is 0. The predicted molar refractivity (Wildman–Crippen MR) is 38.9 cm³/mol. The Bertz CT molecular complexity index is 165. The van der Waals surface area contributed by atoms with E-state index in [0.717, 1.165) is 6.54 Å². The van der Waals surface area contributed by atoms with Gasteiger partial charge < -0.3 is 4.90 Å². The van der Waals surface area contributed by atoms with E-state index in [9.17, 15) is 4.79 Å². The summed E-state index contributed by atoms with van der Waals surface area (Å²) in [6.07, 6.45) is 3.74. The highest BCUT2D eigenvalue weighted by Gasteiger charge is 2.12. The summed E-state index contributed by atoms with van der Waals surface area (Å²) in [6, 6.07) is 0. The summed E-state index contributed by atoms with van der Waals surface area (Å²) in [6.45, 7) is 5.31. The highest BCUT2D eigenvalue weighted by atomic mass is 16.2. The first-order chi connectivity index (χ1) is 4.74. The van der Waals surface area contributed by atoms with Crippen LogP contribution in [0.2, 0.25) is 0 Å². The maximum Gasteiger partial charge on any atom is 0.224 e. The second-order valence-electron chi connectivity index (χ2n) is 2.33. The van der Waals surface area contributed by atoms with Crippen LogP contribution in [0.25, 0.3) is 0 Å². The fraction of sp³-hybridized carbons (Fsp3) is 0.571. The van der Waals surface area contributed by atoms with Crippen molar-refractivity contribution < 1.29 is 4.79 Å². The summed E-state index contributed by atoms with van der Waals surface area (Å²) in [5.74, 6) is 0.104. The molecule has 0 bridgehead atoms. The molecule has 1 heterocycles. The Kier molecular flexibility index (Phi) is 1.94. The van der Waals surface area contributed by atoms with Crippen molar-refractivity contribution in [2.45, 2.75) is 13.8 Å². The molecule has 0 N–H and O–H groups in total. The molecule has 0 aromatic carbocycles. The highest BCUT2D eigenvalue weighted by Crippen LogP contribution is 2.04. The molecule has 0 aromatic heterocycles. The van der Waals surface area contributed by atoms with Crippen molar-refractivity contribution in [3.8, 4) is 0 Å². The van der Waals surface area contributed by atoms with Crippen LogP contribution in [0, 0.1) is 0 Å². The number of amides is 1. The molecule has 56 valence electrons. The van der Waals surface area contributed by atoms with Gasteiger partial charge in [-0.05, 0) is 6.92 Å². The number of nitrogens with zero attached hydrogens (tertiary/aromatic N) is 2. The summed E-state index contributed by atoms with van der Waals surface area (Å²) in [5.41, 5.74) is 0. The summed E-state index contributed by atoms with van der Waals surface area (Å²) >= 11 is 0. The largest absolute Gasteiger partial charge is 0.358 e. The van der Waals surface area contributed by atoms with Crippen molar-refractivity contribution in [3.05, 3.63) is 12.4 Å². The van der Waals surface area contributed by atoms with Crippen molar-refractivity contribution in [1.29, 1.82) is 0 Å². The molecule has 1 rings (SSSR count). The molecule has 0 fully saturated rings. The predicted octanol–water partition coefficient (Wildman–Crippen LogP) is 0.599. The van der Waals surface area contributed by atoms with E-state index >= 15 is 0 Å².